The normalized spacial score (nSPS) is 21.6. The van der Waals surface area contributed by atoms with Crippen molar-refractivity contribution in [2.45, 2.75) is 148 Å². The highest BCUT2D eigenvalue weighted by atomic mass is 35.5. The lowest BCUT2D eigenvalue weighted by molar-refractivity contribution is -0.220. The second kappa shape index (κ2) is 30.8. The minimum Gasteiger partial charge on any atom is -0.380 e. The number of fused-ring (bicyclic) bond motifs is 8. The zero-order valence-electron chi connectivity index (χ0n) is 65.2. The van der Waals surface area contributed by atoms with Crippen molar-refractivity contribution in [2.24, 2.45) is 36.8 Å². The third kappa shape index (κ3) is 16.9. The topological polar surface area (TPSA) is 258 Å². The first-order valence-corrected chi connectivity index (χ1v) is 43.7. The van der Waals surface area contributed by atoms with Crippen LogP contribution in [0.2, 0.25) is 15.2 Å². The van der Waals surface area contributed by atoms with Gasteiger partial charge in [-0.3, -0.25) is 28.3 Å². The number of pyridine rings is 2. The number of hydrogen-bond acceptors (Lipinski definition) is 16. The van der Waals surface area contributed by atoms with Crippen LogP contribution >= 0.6 is 34.8 Å². The van der Waals surface area contributed by atoms with Crippen molar-refractivity contribution in [3.63, 3.8) is 0 Å². The molecule has 6 aromatic heterocycles. The van der Waals surface area contributed by atoms with Gasteiger partial charge in [0.1, 0.15) is 69.8 Å². The zero-order valence-corrected chi connectivity index (χ0v) is 69.1. The van der Waals surface area contributed by atoms with Crippen LogP contribution in [0.3, 0.4) is 0 Å². The molecule has 2 N–H and O–H groups in total. The highest BCUT2D eigenvalue weighted by Crippen LogP contribution is 2.70. The maximum atomic E-state index is 15.5. The number of nitrogens with zero attached hydrogens (tertiary/aromatic N) is 10. The maximum absolute atomic E-state index is 15.5. The Balaban J connectivity index is 0.000000165. The Hall–Kier alpha value is -9.37. The molecule has 2 aliphatic heterocycles. The van der Waals surface area contributed by atoms with Crippen LogP contribution in [0.1, 0.15) is 149 Å². The molecule has 10 aromatic rings. The third-order valence-electron chi connectivity index (χ3n) is 23.8. The summed E-state index contributed by atoms with van der Waals surface area (Å²) in [7, 11) is -4.03. The van der Waals surface area contributed by atoms with Gasteiger partial charge >= 0.3 is 12.4 Å². The van der Waals surface area contributed by atoms with Gasteiger partial charge in [0.2, 0.25) is 0 Å². The first kappa shape index (κ1) is 87.1. The molecule has 8 heterocycles. The van der Waals surface area contributed by atoms with E-state index < -0.39 is 197 Å². The summed E-state index contributed by atoms with van der Waals surface area (Å²) in [6.07, 6.45) is -2.62. The Labute approximate surface area is 707 Å². The number of aromatic nitrogens is 10. The Bertz CT molecular complexity index is 6390. The predicted octanol–water partition coefficient (Wildman–Crippen LogP) is 15.8. The van der Waals surface area contributed by atoms with Crippen LogP contribution in [-0.4, -0.2) is 138 Å². The van der Waals surface area contributed by atoms with Crippen molar-refractivity contribution >= 4 is 87.8 Å². The molecule has 6 aliphatic carbocycles. The molecule has 8 aliphatic rings. The van der Waals surface area contributed by atoms with E-state index in [-0.39, 0.29) is 91.3 Å². The number of ketones is 2. The largest absolute Gasteiger partial charge is 0.435 e. The van der Waals surface area contributed by atoms with Gasteiger partial charge in [0.25, 0.3) is 11.8 Å². The maximum Gasteiger partial charge on any atom is 0.435 e. The van der Waals surface area contributed by atoms with E-state index in [9.17, 15) is 80.5 Å². The highest BCUT2D eigenvalue weighted by molar-refractivity contribution is 7.90. The van der Waals surface area contributed by atoms with Gasteiger partial charge in [-0.15, -0.1) is 6.42 Å². The summed E-state index contributed by atoms with van der Waals surface area (Å²) in [4.78, 5) is 37.2. The van der Waals surface area contributed by atoms with Crippen LogP contribution in [0.15, 0.2) is 84.9 Å². The second-order valence-electron chi connectivity index (χ2n) is 33.8. The summed E-state index contributed by atoms with van der Waals surface area (Å²) in [5, 5.41) is 37.3. The van der Waals surface area contributed by atoms with Crippen LogP contribution in [0, 0.1) is 70.1 Å². The minimum absolute atomic E-state index is 0.0480. The Morgan fingerprint density at radius 2 is 0.943 bits per heavy atom. The van der Waals surface area contributed by atoms with E-state index in [2.05, 4.69) is 43.1 Å². The summed E-state index contributed by atoms with van der Waals surface area (Å²) in [5.74, 6) is -12.3. The molecule has 123 heavy (non-hydrogen) atoms. The van der Waals surface area contributed by atoms with Crippen molar-refractivity contribution in [3.05, 3.63) is 197 Å². The second-order valence-corrected chi connectivity index (χ2v) is 39.3. The lowest BCUT2D eigenvalue weighted by atomic mass is 9.58. The molecule has 0 unspecified atom stereocenters. The molecule has 0 bridgehead atoms. The Morgan fingerprint density at radius 1 is 0.561 bits per heavy atom. The molecule has 20 nitrogen and oxygen atoms in total. The highest BCUT2D eigenvalue weighted by Gasteiger charge is 2.70. The summed E-state index contributed by atoms with van der Waals surface area (Å²) < 4.78 is 267. The van der Waals surface area contributed by atoms with Crippen molar-refractivity contribution in [3.8, 4) is 46.4 Å². The van der Waals surface area contributed by atoms with Gasteiger partial charge in [0.15, 0.2) is 42.6 Å². The van der Waals surface area contributed by atoms with Crippen molar-refractivity contribution in [1.82, 2.24) is 49.1 Å². The molecule has 0 amide bonds. The van der Waals surface area contributed by atoms with E-state index in [1.807, 2.05) is 0 Å². The third-order valence-corrected chi connectivity index (χ3v) is 26.2. The number of terminal acetylenes is 1. The van der Waals surface area contributed by atoms with Crippen LogP contribution < -0.4 is 0 Å². The van der Waals surface area contributed by atoms with Gasteiger partial charge in [-0.25, -0.2) is 44.4 Å². The van der Waals surface area contributed by atoms with Crippen molar-refractivity contribution in [2.75, 3.05) is 38.9 Å². The van der Waals surface area contributed by atoms with E-state index in [1.165, 1.54) is 27.6 Å². The average molecular weight is 1820 g/mol. The van der Waals surface area contributed by atoms with E-state index in [0.717, 1.165) is 62.8 Å². The molecule has 18 rings (SSSR count). The molecule has 2 spiro atoms. The van der Waals surface area contributed by atoms with E-state index in [1.54, 1.807) is 44.4 Å². The summed E-state index contributed by atoms with van der Waals surface area (Å²) in [6, 6.07) is 17.8. The van der Waals surface area contributed by atoms with Crippen molar-refractivity contribution < 1.29 is 108 Å². The first-order valence-electron chi connectivity index (χ1n) is 38.4. The number of halogens is 17. The summed E-state index contributed by atoms with van der Waals surface area (Å²) in [5.41, 5.74) is -5.06. The lowest BCUT2D eigenvalue weighted by Crippen LogP contribution is -2.60. The molecule has 4 aromatic carbocycles. The average Bonchev–Trinajstić information content (AvgIpc) is 1.52. The molecular weight excluding hydrogens is 1750 g/mol. The van der Waals surface area contributed by atoms with Gasteiger partial charge in [-0.2, -0.15) is 64.3 Å². The number of sulfone groups is 2. The molecule has 648 valence electrons. The SMILES string of the molecule is C#CC1(O)CC2(COC2)C1.Cn1nc(CS(C)(=O)=O)c2c(Cl)ccc(-c3ccc(C#CC4(O)CC5(COC5)C4)nc3[C@@H](CC(=O)Cn3nc(C(F)(F)F)c4c3C(F)(F)[C@@H]3C[C@H]43)Cc3cc(F)cc(F)c3)c21.Cn1nc(CS(C)(=O)=O)c2c(Cl)ccc(-c3ccc(Cl)nc3[C@@H](CC(=O)Cn3nc(C(F)(F)F)c4c3C(F)(F)[C@@H]3C[C@H]43)Cc3cc(F)cc(F)c3)c21. The fraction of sp³-hybridized carbons (Fsp3) is 0.429. The number of benzene rings is 4. The van der Waals surface area contributed by atoms with Crippen LogP contribution in [0.25, 0.3) is 44.1 Å². The van der Waals surface area contributed by atoms with Gasteiger partial charge < -0.3 is 19.7 Å². The van der Waals surface area contributed by atoms with Crippen molar-refractivity contribution in [1.29, 1.82) is 0 Å². The number of hydrogen-bond donors (Lipinski definition) is 2. The van der Waals surface area contributed by atoms with Gasteiger partial charge in [-0.1, -0.05) is 58.8 Å². The standard InChI is InChI=1S/C42H35ClF7N5O5S.C34H26Cl2F7N5O3S.C8H10O2/c1-54-36-28(5-6-31(43)34(36)32(52-54)16-61(2,58)59)27-4-3-25(7-8-40(57)17-39(18-40)19-60-20-39)51-35(27)22(9-21-10-23(44)13-24(45)11-21)12-26(56)15-55-38-33(37(53-55)42(48,49)50)29-14-30(29)41(38,46)47;1-47-30-21(3-5-24(35)28(30)25(45-47)14-52(2,50)51)20-4-6-26(36)44-29(20)16(7-15-8-17(37)11-18(38)9-15)10-19(49)13-48-32-27(31(46-48)34(41,42)43)22-12-23(22)33(32,39)40;1-2-8(9)3-7(4-8)5-10-6-7/h3-6,10-11,13,22,29-30,57H,9,12,14-20H2,1-2H3;3-6,8-9,11,16,22-23H,7,10,12-14H2,1-2H3;1,9H,3-6H2/t22-,29+,30-;16-,22+,23-;/m11./s1. The number of ether oxygens (including phenoxy) is 2. The summed E-state index contributed by atoms with van der Waals surface area (Å²) >= 11 is 19.5. The number of carbonyl (C=O) groups excluding carboxylic acids is 2. The van der Waals surface area contributed by atoms with Gasteiger partial charge in [-0.05, 0) is 141 Å². The summed E-state index contributed by atoms with van der Waals surface area (Å²) in [6.45, 7) is 0.652. The lowest BCUT2D eigenvalue weighted by Gasteiger charge is -2.55. The van der Waals surface area contributed by atoms with E-state index in [4.69, 9.17) is 55.7 Å². The number of rotatable bonds is 20. The van der Waals surface area contributed by atoms with Crippen LogP contribution in [-0.2, 0) is 114 Å². The quantitative estimate of drug-likeness (QED) is 0.0408. The zero-order chi connectivity index (χ0) is 88.5. The number of aliphatic hydroxyl groups is 2. The van der Waals surface area contributed by atoms with Crippen LogP contribution in [0.4, 0.5) is 61.5 Å². The Kier molecular flexibility index (Phi) is 21.8. The minimum atomic E-state index is -5.06. The Morgan fingerprint density at radius 3 is 1.32 bits per heavy atom. The van der Waals surface area contributed by atoms with Gasteiger partial charge in [0.05, 0.1) is 81.8 Å². The van der Waals surface area contributed by atoms with E-state index >= 15 is 17.6 Å². The molecular formula is C84H71Cl3F14N10O10S2. The molecule has 2 saturated heterocycles. The number of aryl methyl sites for hydroxylation is 2. The smallest absolute Gasteiger partial charge is 0.380 e. The van der Waals surface area contributed by atoms with E-state index in [0.29, 0.717) is 91.6 Å². The predicted molar refractivity (Wildman–Crippen MR) is 419 cm³/mol. The number of Topliss-reactive ketones (excluding diaryl/α,β-unsaturated/α-hetero) is 2. The van der Waals surface area contributed by atoms with Gasteiger partial charge in [0, 0.05) is 130 Å². The number of alkyl halides is 10. The molecule has 4 saturated carbocycles. The molecule has 6 fully saturated rings. The molecule has 0 radical (unpaired) electrons. The fourth-order valence-electron chi connectivity index (χ4n) is 18.8. The molecule has 39 heteroatoms. The monoisotopic (exact) mass is 1810 g/mol. The van der Waals surface area contributed by atoms with Crippen LogP contribution in [0.5, 0.6) is 0 Å². The molecule has 6 atom stereocenters. The fourth-order valence-corrected chi connectivity index (χ4v) is 20.9. The number of carbonyl (C=O) groups is 2. The first-order chi connectivity index (χ1) is 57.4.